The van der Waals surface area contributed by atoms with Crippen LogP contribution in [0.2, 0.25) is 5.02 Å². The highest BCUT2D eigenvalue weighted by atomic mass is 35.5. The Bertz CT molecular complexity index is 1170. The van der Waals surface area contributed by atoms with Crippen LogP contribution in [0, 0.1) is 12.7 Å². The molecule has 2 aromatic carbocycles. The number of nitrogens with zero attached hydrogens (tertiary/aromatic N) is 3. The maximum Gasteiger partial charge on any atom is 0.322 e. The molecule has 1 aliphatic rings. The van der Waals surface area contributed by atoms with E-state index in [0.717, 1.165) is 0 Å². The predicted molar refractivity (Wildman–Crippen MR) is 123 cm³/mol. The van der Waals surface area contributed by atoms with Gasteiger partial charge in [-0.15, -0.1) is 0 Å². The molecule has 4 rings (SSSR count). The molecule has 8 nitrogen and oxygen atoms in total. The molecule has 0 radical (unpaired) electrons. The second-order valence-electron chi connectivity index (χ2n) is 7.70. The number of rotatable bonds is 5. The number of benzene rings is 2. The number of imidazole rings is 1. The van der Waals surface area contributed by atoms with Gasteiger partial charge in [-0.2, -0.15) is 0 Å². The molecule has 3 amide bonds. The lowest BCUT2D eigenvalue weighted by Gasteiger charge is -2.24. The molecule has 0 saturated carbocycles. The second kappa shape index (κ2) is 9.60. The van der Waals surface area contributed by atoms with Crippen molar-refractivity contribution in [2.24, 2.45) is 0 Å². The van der Waals surface area contributed by atoms with Gasteiger partial charge in [0.2, 0.25) is 5.91 Å². The van der Waals surface area contributed by atoms with Crippen LogP contribution in [-0.4, -0.2) is 52.2 Å². The fourth-order valence-electron chi connectivity index (χ4n) is 3.79. The van der Waals surface area contributed by atoms with Crippen LogP contribution < -0.4 is 10.6 Å². The Kier molecular flexibility index (Phi) is 6.62. The number of halogens is 2. The van der Waals surface area contributed by atoms with Crippen molar-refractivity contribution >= 4 is 34.9 Å². The first kappa shape index (κ1) is 22.8. The van der Waals surface area contributed by atoms with Gasteiger partial charge < -0.3 is 24.8 Å². The quantitative estimate of drug-likeness (QED) is 0.582. The molecule has 2 atom stereocenters. The lowest BCUT2D eigenvalue weighted by molar-refractivity contribution is -0.119. The number of likely N-dealkylation sites (tertiary alicyclic amines) is 1. The first-order chi connectivity index (χ1) is 15.9. The van der Waals surface area contributed by atoms with E-state index in [1.54, 1.807) is 47.3 Å². The van der Waals surface area contributed by atoms with Crippen molar-refractivity contribution in [2.45, 2.75) is 25.5 Å². The third-order valence-electron chi connectivity index (χ3n) is 5.57. The zero-order valence-corrected chi connectivity index (χ0v) is 18.8. The van der Waals surface area contributed by atoms with E-state index in [1.807, 2.05) is 6.92 Å². The molecule has 0 aliphatic carbocycles. The minimum absolute atomic E-state index is 0.0282. The Morgan fingerprint density at radius 3 is 2.58 bits per heavy atom. The summed E-state index contributed by atoms with van der Waals surface area (Å²) in [5.41, 5.74) is 1.16. The first-order valence-corrected chi connectivity index (χ1v) is 10.7. The van der Waals surface area contributed by atoms with Crippen molar-refractivity contribution < 1.29 is 18.7 Å². The average Bonchev–Trinajstić information content (AvgIpc) is 3.43. The third kappa shape index (κ3) is 4.99. The Morgan fingerprint density at radius 2 is 1.94 bits per heavy atom. The standard InChI is InChI=1S/C23H23ClFN5O3/c1-14-26-9-10-29(14)17-7-8-20(19(25)11-17)28-22(31)21-12-18(33-2)13-30(21)23(32)27-16-5-3-15(24)4-6-16/h3-11,18,21H,12-13H2,1-2H3,(H,27,32)(H,28,31)/t18-,21-/m1/s1. The number of aromatic nitrogens is 2. The van der Waals surface area contributed by atoms with Crippen LogP contribution >= 0.6 is 11.6 Å². The summed E-state index contributed by atoms with van der Waals surface area (Å²) in [6, 6.07) is 9.86. The molecule has 2 heterocycles. The van der Waals surface area contributed by atoms with Gasteiger partial charge in [-0.05, 0) is 43.3 Å². The number of carbonyl (C=O) groups excluding carboxylic acids is 2. The first-order valence-electron chi connectivity index (χ1n) is 10.3. The van der Waals surface area contributed by atoms with E-state index in [0.29, 0.717) is 28.6 Å². The highest BCUT2D eigenvalue weighted by Crippen LogP contribution is 2.25. The molecule has 3 aromatic rings. The highest BCUT2D eigenvalue weighted by Gasteiger charge is 2.40. The molecule has 172 valence electrons. The van der Waals surface area contributed by atoms with Crippen LogP contribution in [0.15, 0.2) is 54.9 Å². The number of ether oxygens (including phenoxy) is 1. The zero-order valence-electron chi connectivity index (χ0n) is 18.1. The van der Waals surface area contributed by atoms with E-state index in [1.165, 1.54) is 24.1 Å². The summed E-state index contributed by atoms with van der Waals surface area (Å²) in [4.78, 5) is 31.4. The maximum absolute atomic E-state index is 14.8. The van der Waals surface area contributed by atoms with Gasteiger partial charge in [0.15, 0.2) is 0 Å². The van der Waals surface area contributed by atoms with E-state index in [2.05, 4.69) is 15.6 Å². The fourth-order valence-corrected chi connectivity index (χ4v) is 3.92. The summed E-state index contributed by atoms with van der Waals surface area (Å²) in [6.45, 7) is 2.04. The number of hydrogen-bond acceptors (Lipinski definition) is 4. The smallest absolute Gasteiger partial charge is 0.322 e. The van der Waals surface area contributed by atoms with Crippen molar-refractivity contribution in [1.29, 1.82) is 0 Å². The summed E-state index contributed by atoms with van der Waals surface area (Å²) in [7, 11) is 1.52. The summed E-state index contributed by atoms with van der Waals surface area (Å²) >= 11 is 5.89. The Balaban J connectivity index is 1.49. The Hall–Kier alpha value is -3.43. The van der Waals surface area contributed by atoms with Crippen LogP contribution in [0.1, 0.15) is 12.2 Å². The third-order valence-corrected chi connectivity index (χ3v) is 5.82. The van der Waals surface area contributed by atoms with Crippen molar-refractivity contribution in [1.82, 2.24) is 14.5 Å². The van der Waals surface area contributed by atoms with Gasteiger partial charge in [0.25, 0.3) is 0 Å². The molecule has 0 unspecified atom stereocenters. The lowest BCUT2D eigenvalue weighted by Crippen LogP contribution is -2.45. The number of urea groups is 1. The number of nitrogens with one attached hydrogen (secondary N) is 2. The number of amides is 3. The molecule has 1 aromatic heterocycles. The van der Waals surface area contributed by atoms with Crippen LogP contribution in [0.25, 0.3) is 5.69 Å². The van der Waals surface area contributed by atoms with E-state index in [9.17, 15) is 14.0 Å². The van der Waals surface area contributed by atoms with Crippen molar-refractivity contribution in [2.75, 3.05) is 24.3 Å². The number of aryl methyl sites for hydroxylation is 1. The number of anilines is 2. The largest absolute Gasteiger partial charge is 0.380 e. The number of carbonyl (C=O) groups is 2. The van der Waals surface area contributed by atoms with E-state index < -0.39 is 23.8 Å². The van der Waals surface area contributed by atoms with Gasteiger partial charge in [-0.25, -0.2) is 14.2 Å². The highest BCUT2D eigenvalue weighted by molar-refractivity contribution is 6.30. The van der Waals surface area contributed by atoms with E-state index in [4.69, 9.17) is 16.3 Å². The van der Waals surface area contributed by atoms with Crippen LogP contribution in [0.4, 0.5) is 20.6 Å². The summed E-state index contributed by atoms with van der Waals surface area (Å²) in [6.07, 6.45) is 3.33. The molecule has 1 saturated heterocycles. The SMILES string of the molecule is CO[C@@H]1C[C@H](C(=O)Nc2ccc(-n3ccnc3C)cc2F)N(C(=O)Nc2ccc(Cl)cc2)C1. The van der Waals surface area contributed by atoms with Gasteiger partial charge in [0.1, 0.15) is 17.7 Å². The van der Waals surface area contributed by atoms with Crippen molar-refractivity contribution in [3.05, 3.63) is 71.5 Å². The van der Waals surface area contributed by atoms with Gasteiger partial charge >= 0.3 is 6.03 Å². The summed E-state index contributed by atoms with van der Waals surface area (Å²) < 4.78 is 21.9. The minimum Gasteiger partial charge on any atom is -0.380 e. The Morgan fingerprint density at radius 1 is 1.18 bits per heavy atom. The molecule has 10 heteroatoms. The molecule has 2 N–H and O–H groups in total. The molecule has 33 heavy (non-hydrogen) atoms. The normalized spacial score (nSPS) is 17.8. The second-order valence-corrected chi connectivity index (χ2v) is 8.13. The molecule has 1 aliphatic heterocycles. The molecular weight excluding hydrogens is 449 g/mol. The van der Waals surface area contributed by atoms with Crippen LogP contribution in [-0.2, 0) is 9.53 Å². The van der Waals surface area contributed by atoms with Gasteiger partial charge in [0.05, 0.1) is 11.8 Å². The average molecular weight is 472 g/mol. The molecule has 0 spiro atoms. The topological polar surface area (TPSA) is 88.5 Å². The monoisotopic (exact) mass is 471 g/mol. The number of methoxy groups -OCH3 is 1. The van der Waals surface area contributed by atoms with Gasteiger partial charge in [-0.1, -0.05) is 11.6 Å². The zero-order chi connectivity index (χ0) is 23.5. The fraction of sp³-hybridized carbons (Fsp3) is 0.261. The summed E-state index contributed by atoms with van der Waals surface area (Å²) in [5.74, 6) is -0.372. The van der Waals surface area contributed by atoms with Crippen LogP contribution in [0.3, 0.4) is 0 Å². The predicted octanol–water partition coefficient (Wildman–Crippen LogP) is 4.23. The van der Waals surface area contributed by atoms with E-state index in [-0.39, 0.29) is 18.3 Å². The Labute approximate surface area is 195 Å². The molecular formula is C23H23ClFN5O3. The maximum atomic E-state index is 14.8. The van der Waals surface area contributed by atoms with Gasteiger partial charge in [0, 0.05) is 54.9 Å². The van der Waals surface area contributed by atoms with E-state index >= 15 is 0 Å². The number of hydrogen-bond donors (Lipinski definition) is 2. The molecule has 0 bridgehead atoms. The summed E-state index contributed by atoms with van der Waals surface area (Å²) in [5, 5.41) is 5.90. The van der Waals surface area contributed by atoms with Crippen molar-refractivity contribution in [3.8, 4) is 5.69 Å². The van der Waals surface area contributed by atoms with Crippen LogP contribution in [0.5, 0.6) is 0 Å². The van der Waals surface area contributed by atoms with Gasteiger partial charge in [-0.3, -0.25) is 4.79 Å². The lowest BCUT2D eigenvalue weighted by atomic mass is 10.1. The minimum atomic E-state index is -0.822. The van der Waals surface area contributed by atoms with Crippen molar-refractivity contribution in [3.63, 3.8) is 0 Å². The molecule has 1 fully saturated rings.